The van der Waals surface area contributed by atoms with Gasteiger partial charge in [-0.2, -0.15) is 0 Å². The molecule has 1 aliphatic rings. The third kappa shape index (κ3) is 4.35. The van der Waals surface area contributed by atoms with Crippen molar-refractivity contribution in [2.45, 2.75) is 13.0 Å². The van der Waals surface area contributed by atoms with Gasteiger partial charge in [0.1, 0.15) is 13.2 Å². The summed E-state index contributed by atoms with van der Waals surface area (Å²) in [5.41, 5.74) is 2.06. The first-order chi connectivity index (χ1) is 14.5. The highest BCUT2D eigenvalue weighted by Gasteiger charge is 2.17. The second-order valence-corrected chi connectivity index (χ2v) is 6.64. The number of benzene rings is 2. The molecule has 30 heavy (non-hydrogen) atoms. The molecule has 0 saturated carbocycles. The minimum Gasteiger partial charge on any atom is -0.486 e. The van der Waals surface area contributed by atoms with Gasteiger partial charge in [-0.05, 0) is 48.9 Å². The van der Waals surface area contributed by atoms with E-state index in [9.17, 15) is 14.4 Å². The molecule has 1 aromatic heterocycles. The SMILES string of the molecule is C[C@@H](OC(=O)/C=C/c1ccc2c(c1)OCCO2)C(=O)Nc1ccc2[nH]c(=O)[nH]c2c1. The summed E-state index contributed by atoms with van der Waals surface area (Å²) < 4.78 is 16.1. The third-order valence-electron chi connectivity index (χ3n) is 4.42. The Labute approximate surface area is 170 Å². The average Bonchev–Trinajstić information content (AvgIpc) is 3.11. The van der Waals surface area contributed by atoms with Crippen molar-refractivity contribution in [1.82, 2.24) is 9.97 Å². The van der Waals surface area contributed by atoms with Crippen molar-refractivity contribution >= 4 is 34.7 Å². The van der Waals surface area contributed by atoms with E-state index < -0.39 is 18.0 Å². The number of rotatable bonds is 5. The van der Waals surface area contributed by atoms with Crippen LogP contribution in [0.4, 0.5) is 5.69 Å². The normalized spacial score (nSPS) is 13.9. The van der Waals surface area contributed by atoms with Crippen molar-refractivity contribution < 1.29 is 23.8 Å². The highest BCUT2D eigenvalue weighted by Crippen LogP contribution is 2.31. The first-order valence-electron chi connectivity index (χ1n) is 9.29. The molecule has 3 N–H and O–H groups in total. The molecule has 0 aliphatic carbocycles. The van der Waals surface area contributed by atoms with Gasteiger partial charge in [0.2, 0.25) is 0 Å². The molecule has 154 valence electrons. The second-order valence-electron chi connectivity index (χ2n) is 6.64. The second kappa shape index (κ2) is 8.16. The van der Waals surface area contributed by atoms with Crippen LogP contribution in [0.5, 0.6) is 11.5 Å². The number of anilines is 1. The van der Waals surface area contributed by atoms with Crippen molar-refractivity contribution in [3.63, 3.8) is 0 Å². The Morgan fingerprint density at radius 1 is 1.07 bits per heavy atom. The van der Waals surface area contributed by atoms with E-state index in [-0.39, 0.29) is 5.69 Å². The number of aromatic nitrogens is 2. The Morgan fingerprint density at radius 2 is 1.83 bits per heavy atom. The van der Waals surface area contributed by atoms with Crippen LogP contribution in [-0.2, 0) is 14.3 Å². The molecule has 0 bridgehead atoms. The monoisotopic (exact) mass is 409 g/mol. The smallest absolute Gasteiger partial charge is 0.331 e. The number of hydrogen-bond donors (Lipinski definition) is 3. The summed E-state index contributed by atoms with van der Waals surface area (Å²) >= 11 is 0. The summed E-state index contributed by atoms with van der Waals surface area (Å²) in [6.45, 7) is 2.45. The van der Waals surface area contributed by atoms with Crippen molar-refractivity contribution in [2.75, 3.05) is 18.5 Å². The predicted molar refractivity (Wildman–Crippen MR) is 110 cm³/mol. The van der Waals surface area contributed by atoms with Gasteiger partial charge in [0.05, 0.1) is 11.0 Å². The topological polar surface area (TPSA) is 123 Å². The van der Waals surface area contributed by atoms with Crippen molar-refractivity contribution in [1.29, 1.82) is 0 Å². The van der Waals surface area contributed by atoms with Gasteiger partial charge in [-0.3, -0.25) is 4.79 Å². The van der Waals surface area contributed by atoms with Crippen LogP contribution in [0.15, 0.2) is 47.3 Å². The Balaban J connectivity index is 1.34. The van der Waals surface area contributed by atoms with Gasteiger partial charge in [-0.25, -0.2) is 9.59 Å². The Morgan fingerprint density at radius 3 is 2.67 bits per heavy atom. The number of nitrogens with one attached hydrogen (secondary N) is 3. The number of aromatic amines is 2. The maximum absolute atomic E-state index is 12.3. The standard InChI is InChI=1S/C21H19N3O6/c1-12(20(26)22-14-4-5-15-16(11-14)24-21(27)23-15)30-19(25)7-3-13-2-6-17-18(10-13)29-9-8-28-17/h2-7,10-12H,8-9H2,1H3,(H,22,26)(H2,23,24,27)/b7-3+/t12-/m1/s1. The fraction of sp³-hybridized carbons (Fsp3) is 0.190. The molecule has 9 heteroatoms. The summed E-state index contributed by atoms with van der Waals surface area (Å²) in [7, 11) is 0. The molecule has 9 nitrogen and oxygen atoms in total. The first kappa shape index (κ1) is 19.3. The largest absolute Gasteiger partial charge is 0.486 e. The predicted octanol–water partition coefficient (Wildman–Crippen LogP) is 2.21. The zero-order valence-corrected chi connectivity index (χ0v) is 16.1. The summed E-state index contributed by atoms with van der Waals surface area (Å²) in [6.07, 6.45) is 1.80. The number of amides is 1. The van der Waals surface area contributed by atoms with Crippen LogP contribution < -0.4 is 20.5 Å². The van der Waals surface area contributed by atoms with Crippen LogP contribution in [0.1, 0.15) is 12.5 Å². The summed E-state index contributed by atoms with van der Waals surface area (Å²) in [5, 5.41) is 2.65. The lowest BCUT2D eigenvalue weighted by Crippen LogP contribution is -2.29. The van der Waals surface area contributed by atoms with E-state index in [0.717, 1.165) is 5.56 Å². The minimum absolute atomic E-state index is 0.333. The fourth-order valence-electron chi connectivity index (χ4n) is 2.95. The van der Waals surface area contributed by atoms with Crippen LogP contribution >= 0.6 is 0 Å². The van der Waals surface area contributed by atoms with Crippen LogP contribution in [-0.4, -0.2) is 41.2 Å². The zero-order valence-electron chi connectivity index (χ0n) is 16.1. The first-order valence-corrected chi connectivity index (χ1v) is 9.29. The van der Waals surface area contributed by atoms with E-state index >= 15 is 0 Å². The molecule has 0 radical (unpaired) electrons. The zero-order chi connectivity index (χ0) is 21.1. The van der Waals surface area contributed by atoms with Crippen molar-refractivity contribution in [2.24, 2.45) is 0 Å². The quantitative estimate of drug-likeness (QED) is 0.439. The third-order valence-corrected chi connectivity index (χ3v) is 4.42. The molecule has 0 saturated heterocycles. The number of fused-ring (bicyclic) bond motifs is 2. The molecule has 1 aliphatic heterocycles. The van der Waals surface area contributed by atoms with Crippen molar-refractivity contribution in [3.8, 4) is 11.5 Å². The van der Waals surface area contributed by atoms with Gasteiger partial charge in [-0.1, -0.05) is 6.07 Å². The van der Waals surface area contributed by atoms with E-state index in [0.29, 0.717) is 41.4 Å². The van der Waals surface area contributed by atoms with Crippen LogP contribution in [0.25, 0.3) is 17.1 Å². The highest BCUT2D eigenvalue weighted by molar-refractivity contribution is 5.97. The van der Waals surface area contributed by atoms with Gasteiger partial charge in [0.15, 0.2) is 17.6 Å². The Bertz CT molecular complexity index is 1190. The van der Waals surface area contributed by atoms with Crippen LogP contribution in [0.3, 0.4) is 0 Å². The Hall–Kier alpha value is -4.01. The molecule has 3 aromatic rings. The summed E-state index contributed by atoms with van der Waals surface area (Å²) in [6, 6.07) is 10.2. The van der Waals surface area contributed by atoms with Gasteiger partial charge in [0.25, 0.3) is 5.91 Å². The average molecular weight is 409 g/mol. The van der Waals surface area contributed by atoms with E-state index in [1.54, 1.807) is 42.5 Å². The van der Waals surface area contributed by atoms with E-state index in [1.807, 2.05) is 0 Å². The van der Waals surface area contributed by atoms with Gasteiger partial charge in [-0.15, -0.1) is 0 Å². The molecule has 4 rings (SSSR count). The molecule has 2 heterocycles. The molecule has 0 fully saturated rings. The molecule has 2 aromatic carbocycles. The van der Waals surface area contributed by atoms with E-state index in [1.165, 1.54) is 13.0 Å². The number of esters is 1. The van der Waals surface area contributed by atoms with E-state index in [2.05, 4.69) is 15.3 Å². The van der Waals surface area contributed by atoms with E-state index in [4.69, 9.17) is 14.2 Å². The lowest BCUT2D eigenvalue weighted by Gasteiger charge is -2.18. The fourth-order valence-corrected chi connectivity index (χ4v) is 2.95. The molecule has 1 atom stereocenters. The lowest BCUT2D eigenvalue weighted by atomic mass is 10.2. The lowest BCUT2D eigenvalue weighted by molar-refractivity contribution is -0.148. The van der Waals surface area contributed by atoms with Gasteiger partial charge in [0, 0.05) is 11.8 Å². The Kier molecular flexibility index (Phi) is 5.25. The summed E-state index contributed by atoms with van der Waals surface area (Å²) in [4.78, 5) is 40.9. The van der Waals surface area contributed by atoms with Gasteiger partial charge >= 0.3 is 11.7 Å². The van der Waals surface area contributed by atoms with Crippen LogP contribution in [0, 0.1) is 0 Å². The maximum atomic E-state index is 12.3. The van der Waals surface area contributed by atoms with Crippen LogP contribution in [0.2, 0.25) is 0 Å². The summed E-state index contributed by atoms with van der Waals surface area (Å²) in [5.74, 6) is 0.129. The maximum Gasteiger partial charge on any atom is 0.331 e. The van der Waals surface area contributed by atoms with Gasteiger partial charge < -0.3 is 29.5 Å². The molecule has 0 spiro atoms. The number of hydrogen-bond acceptors (Lipinski definition) is 6. The minimum atomic E-state index is -1.01. The molecular weight excluding hydrogens is 390 g/mol. The number of carbonyl (C=O) groups excluding carboxylic acids is 2. The highest BCUT2D eigenvalue weighted by atomic mass is 16.6. The molecular formula is C21H19N3O6. The number of imidazole rings is 1. The van der Waals surface area contributed by atoms with Crippen molar-refractivity contribution in [3.05, 3.63) is 58.5 Å². The molecule has 0 unspecified atom stereocenters. The molecule has 1 amide bonds. The number of H-pyrrole nitrogens is 2. The number of ether oxygens (including phenoxy) is 3. The number of carbonyl (C=O) groups is 2.